The number of benzene rings is 2. The molecule has 0 atom stereocenters. The van der Waals surface area contributed by atoms with Crippen molar-refractivity contribution in [3.63, 3.8) is 0 Å². The van der Waals surface area contributed by atoms with E-state index in [1.807, 2.05) is 0 Å². The van der Waals surface area contributed by atoms with Crippen molar-refractivity contribution in [2.45, 2.75) is 0 Å². The third-order valence-corrected chi connectivity index (χ3v) is 3.34. The molecule has 0 bridgehead atoms. The maximum atomic E-state index is 13.7. The van der Waals surface area contributed by atoms with Gasteiger partial charge >= 0.3 is 0 Å². The van der Waals surface area contributed by atoms with Gasteiger partial charge in [0, 0.05) is 9.50 Å². The van der Waals surface area contributed by atoms with E-state index in [4.69, 9.17) is 16.3 Å². The van der Waals surface area contributed by atoms with Gasteiger partial charge in [0.15, 0.2) is 11.6 Å². The number of hydrogen-bond acceptors (Lipinski definition) is 2. The molecule has 0 spiro atoms. The number of rotatable bonds is 3. The van der Waals surface area contributed by atoms with Crippen LogP contribution in [0.2, 0.25) is 5.02 Å². The highest BCUT2D eigenvalue weighted by atomic mass is 79.9. The second kappa shape index (κ2) is 6.41. The lowest BCUT2D eigenvalue weighted by Crippen LogP contribution is -2.15. The van der Waals surface area contributed by atoms with Crippen LogP contribution in [0.1, 0.15) is 10.4 Å². The number of carbonyl (C=O) groups excluding carboxylic acids is 1. The Morgan fingerprint density at radius 3 is 2.43 bits per heavy atom. The zero-order valence-electron chi connectivity index (χ0n) is 10.7. The monoisotopic (exact) mass is 375 g/mol. The van der Waals surface area contributed by atoms with Gasteiger partial charge in [0.05, 0.1) is 12.7 Å². The van der Waals surface area contributed by atoms with Crippen LogP contribution in [-0.4, -0.2) is 13.0 Å². The van der Waals surface area contributed by atoms with Crippen LogP contribution >= 0.6 is 27.5 Å². The van der Waals surface area contributed by atoms with Crippen LogP contribution < -0.4 is 10.1 Å². The smallest absolute Gasteiger partial charge is 0.259 e. The number of amides is 1. The number of anilines is 1. The Bertz CT molecular complexity index is 686. The van der Waals surface area contributed by atoms with Crippen molar-refractivity contribution in [2.75, 3.05) is 12.4 Å². The SMILES string of the molecule is COc1ccc(Cl)cc1C(=O)Nc1c(F)cc(Br)cc1F. The number of nitrogens with one attached hydrogen (secondary N) is 1. The Hall–Kier alpha value is -1.66. The molecule has 1 amide bonds. The van der Waals surface area contributed by atoms with E-state index in [0.29, 0.717) is 5.02 Å². The molecule has 110 valence electrons. The molecule has 2 rings (SSSR count). The minimum atomic E-state index is -0.892. The fourth-order valence-corrected chi connectivity index (χ4v) is 2.27. The van der Waals surface area contributed by atoms with Crippen LogP contribution in [0.5, 0.6) is 5.75 Å². The summed E-state index contributed by atoms with van der Waals surface area (Å²) in [6.07, 6.45) is 0. The second-order valence-electron chi connectivity index (χ2n) is 4.04. The summed E-state index contributed by atoms with van der Waals surface area (Å²) in [6.45, 7) is 0. The van der Waals surface area contributed by atoms with E-state index in [1.54, 1.807) is 0 Å². The van der Waals surface area contributed by atoms with Gasteiger partial charge in [-0.25, -0.2) is 8.78 Å². The number of carbonyl (C=O) groups is 1. The van der Waals surface area contributed by atoms with Crippen molar-refractivity contribution in [2.24, 2.45) is 0 Å². The maximum absolute atomic E-state index is 13.7. The molecular formula is C14H9BrClF2NO2. The molecule has 0 aliphatic rings. The third-order valence-electron chi connectivity index (χ3n) is 2.65. The summed E-state index contributed by atoms with van der Waals surface area (Å²) in [5.74, 6) is -2.27. The van der Waals surface area contributed by atoms with Crippen molar-refractivity contribution in [1.29, 1.82) is 0 Å². The summed E-state index contributed by atoms with van der Waals surface area (Å²) < 4.78 is 32.7. The van der Waals surface area contributed by atoms with Crippen molar-refractivity contribution in [3.05, 3.63) is 57.0 Å². The molecule has 2 aromatic carbocycles. The summed E-state index contributed by atoms with van der Waals surface area (Å²) in [7, 11) is 1.38. The Morgan fingerprint density at radius 1 is 1.24 bits per heavy atom. The molecule has 0 saturated heterocycles. The van der Waals surface area contributed by atoms with E-state index >= 15 is 0 Å². The molecule has 7 heteroatoms. The highest BCUT2D eigenvalue weighted by molar-refractivity contribution is 9.10. The van der Waals surface area contributed by atoms with Crippen molar-refractivity contribution >= 4 is 39.1 Å². The highest BCUT2D eigenvalue weighted by Crippen LogP contribution is 2.27. The van der Waals surface area contributed by atoms with Gasteiger partial charge in [0.25, 0.3) is 5.91 Å². The molecule has 0 fully saturated rings. The first-order valence-electron chi connectivity index (χ1n) is 5.72. The van der Waals surface area contributed by atoms with Gasteiger partial charge < -0.3 is 10.1 Å². The minimum absolute atomic E-state index is 0.0757. The molecule has 0 aliphatic carbocycles. The molecule has 0 aromatic heterocycles. The summed E-state index contributed by atoms with van der Waals surface area (Å²) in [6, 6.07) is 6.48. The number of hydrogen-bond donors (Lipinski definition) is 1. The quantitative estimate of drug-likeness (QED) is 0.847. The van der Waals surface area contributed by atoms with E-state index in [0.717, 1.165) is 12.1 Å². The highest BCUT2D eigenvalue weighted by Gasteiger charge is 2.18. The van der Waals surface area contributed by atoms with E-state index in [-0.39, 0.29) is 15.8 Å². The fraction of sp³-hybridized carbons (Fsp3) is 0.0714. The largest absolute Gasteiger partial charge is 0.496 e. The van der Waals surface area contributed by atoms with Gasteiger partial charge in [0.1, 0.15) is 11.4 Å². The summed E-state index contributed by atoms with van der Waals surface area (Å²) >= 11 is 8.77. The van der Waals surface area contributed by atoms with Crippen LogP contribution in [-0.2, 0) is 0 Å². The lowest BCUT2D eigenvalue weighted by molar-refractivity contribution is 0.102. The number of halogens is 4. The van der Waals surface area contributed by atoms with Crippen molar-refractivity contribution < 1.29 is 18.3 Å². The van der Waals surface area contributed by atoms with E-state index < -0.39 is 23.2 Å². The lowest BCUT2D eigenvalue weighted by Gasteiger charge is -2.11. The summed E-state index contributed by atoms with van der Waals surface area (Å²) in [5.41, 5.74) is -0.461. The Morgan fingerprint density at radius 2 is 1.86 bits per heavy atom. The van der Waals surface area contributed by atoms with Crippen molar-refractivity contribution in [1.82, 2.24) is 0 Å². The van der Waals surface area contributed by atoms with Gasteiger partial charge in [0.2, 0.25) is 0 Å². The first-order chi connectivity index (χ1) is 9.92. The second-order valence-corrected chi connectivity index (χ2v) is 5.40. The average Bonchev–Trinajstić information content (AvgIpc) is 2.42. The molecule has 0 unspecified atom stereocenters. The molecule has 0 radical (unpaired) electrons. The molecule has 2 aromatic rings. The predicted molar refractivity (Wildman–Crippen MR) is 80.0 cm³/mol. The zero-order valence-corrected chi connectivity index (χ0v) is 13.1. The van der Waals surface area contributed by atoms with Gasteiger partial charge in [-0.15, -0.1) is 0 Å². The number of ether oxygens (including phenoxy) is 1. The molecular weight excluding hydrogens is 368 g/mol. The Balaban J connectivity index is 2.37. The molecule has 1 N–H and O–H groups in total. The lowest BCUT2D eigenvalue weighted by atomic mass is 10.1. The normalized spacial score (nSPS) is 10.3. The van der Waals surface area contributed by atoms with Crippen LogP contribution in [0.3, 0.4) is 0 Å². The van der Waals surface area contributed by atoms with Gasteiger partial charge in [-0.2, -0.15) is 0 Å². The molecule has 3 nitrogen and oxygen atoms in total. The summed E-state index contributed by atoms with van der Waals surface area (Å²) in [4.78, 5) is 12.1. The molecule has 0 heterocycles. The number of methoxy groups -OCH3 is 1. The van der Waals surface area contributed by atoms with Gasteiger partial charge in [-0.1, -0.05) is 27.5 Å². The third kappa shape index (κ3) is 3.51. The average molecular weight is 377 g/mol. The van der Waals surface area contributed by atoms with Crippen LogP contribution in [0.25, 0.3) is 0 Å². The standard InChI is InChI=1S/C14H9BrClF2NO2/c1-21-12-3-2-8(16)6-9(12)14(20)19-13-10(17)4-7(15)5-11(13)18/h2-6H,1H3,(H,19,20). The Kier molecular flexibility index (Phi) is 4.80. The first-order valence-corrected chi connectivity index (χ1v) is 6.89. The van der Waals surface area contributed by atoms with E-state index in [9.17, 15) is 13.6 Å². The van der Waals surface area contributed by atoms with E-state index in [2.05, 4.69) is 21.2 Å². The topological polar surface area (TPSA) is 38.3 Å². The zero-order chi connectivity index (χ0) is 15.6. The minimum Gasteiger partial charge on any atom is -0.496 e. The summed E-state index contributed by atoms with van der Waals surface area (Å²) in [5, 5.41) is 2.48. The van der Waals surface area contributed by atoms with Gasteiger partial charge in [-0.05, 0) is 30.3 Å². The first kappa shape index (κ1) is 15.7. The Labute approximate surface area is 133 Å². The maximum Gasteiger partial charge on any atom is 0.259 e. The van der Waals surface area contributed by atoms with Crippen LogP contribution in [0.4, 0.5) is 14.5 Å². The fourth-order valence-electron chi connectivity index (χ4n) is 1.70. The molecule has 0 aliphatic heterocycles. The predicted octanol–water partition coefficient (Wildman–Crippen LogP) is 4.64. The van der Waals surface area contributed by atoms with Crippen LogP contribution in [0, 0.1) is 11.6 Å². The van der Waals surface area contributed by atoms with Gasteiger partial charge in [-0.3, -0.25) is 4.79 Å². The molecule has 0 saturated carbocycles. The van der Waals surface area contributed by atoms with Crippen LogP contribution in [0.15, 0.2) is 34.8 Å². The van der Waals surface area contributed by atoms with Crippen molar-refractivity contribution in [3.8, 4) is 5.75 Å². The van der Waals surface area contributed by atoms with E-state index in [1.165, 1.54) is 25.3 Å². The molecule has 21 heavy (non-hydrogen) atoms.